The van der Waals surface area contributed by atoms with Crippen molar-refractivity contribution in [3.63, 3.8) is 0 Å². The molecule has 4 heteroatoms. The Morgan fingerprint density at radius 1 is 0.312 bits per heavy atom. The standard InChI is InChI=1S/C60H37NO2S/c1-5-15-38(16-6-1)42-25-28-50-54(35-42)63-60-47(41-21-11-4-12-22-41)32-33-52(58(50)60)61(44-26-29-49-48-23-13-14-24-55(48)64-56(49)37-44)43-27-34-53-51(36-43)57-45(39-17-7-2-8-18-39)30-31-46(59(57)62-53)40-19-9-3-10-20-40/h1-37H. The summed E-state index contributed by atoms with van der Waals surface area (Å²) < 4.78 is 16.5. The summed E-state index contributed by atoms with van der Waals surface area (Å²) in [4.78, 5) is 2.42. The summed E-state index contributed by atoms with van der Waals surface area (Å²) in [5.41, 5.74) is 15.4. The van der Waals surface area contributed by atoms with Gasteiger partial charge in [-0.25, -0.2) is 0 Å². The molecule has 13 rings (SSSR count). The fourth-order valence-electron chi connectivity index (χ4n) is 9.70. The molecule has 0 aliphatic carbocycles. The van der Waals surface area contributed by atoms with Gasteiger partial charge in [0.15, 0.2) is 0 Å². The van der Waals surface area contributed by atoms with Crippen molar-refractivity contribution >= 4 is 92.4 Å². The van der Waals surface area contributed by atoms with E-state index in [1.807, 2.05) is 11.3 Å². The molecule has 0 spiro atoms. The van der Waals surface area contributed by atoms with E-state index in [9.17, 15) is 0 Å². The number of anilines is 3. The zero-order valence-corrected chi connectivity index (χ0v) is 35.4. The highest BCUT2D eigenvalue weighted by Gasteiger charge is 2.25. The number of thiophene rings is 1. The molecule has 0 aliphatic heterocycles. The van der Waals surface area contributed by atoms with Gasteiger partial charge in [0.1, 0.15) is 22.3 Å². The number of nitrogens with zero attached hydrogens (tertiary/aromatic N) is 1. The molecular weight excluding hydrogens is 799 g/mol. The van der Waals surface area contributed by atoms with E-state index < -0.39 is 0 Å². The van der Waals surface area contributed by atoms with Crippen LogP contribution in [0.2, 0.25) is 0 Å². The summed E-state index contributed by atoms with van der Waals surface area (Å²) in [6, 6.07) is 80.2. The van der Waals surface area contributed by atoms with Gasteiger partial charge < -0.3 is 13.7 Å². The van der Waals surface area contributed by atoms with E-state index in [0.717, 1.165) is 105 Å². The minimum Gasteiger partial charge on any atom is -0.455 e. The van der Waals surface area contributed by atoms with Gasteiger partial charge in [0.05, 0.1) is 11.1 Å². The minimum atomic E-state index is 0.839. The molecule has 3 nitrogen and oxygen atoms in total. The van der Waals surface area contributed by atoms with Crippen LogP contribution >= 0.6 is 11.3 Å². The Bertz CT molecular complexity index is 3890. The lowest BCUT2D eigenvalue weighted by molar-refractivity contribution is 0.669. The number of benzene rings is 10. The molecule has 0 saturated heterocycles. The quantitative estimate of drug-likeness (QED) is 0.160. The number of furan rings is 2. The Morgan fingerprint density at radius 2 is 0.844 bits per heavy atom. The molecule has 0 N–H and O–H groups in total. The van der Waals surface area contributed by atoms with E-state index >= 15 is 0 Å². The van der Waals surface area contributed by atoms with Gasteiger partial charge in [-0.1, -0.05) is 158 Å². The maximum atomic E-state index is 7.07. The molecule has 0 radical (unpaired) electrons. The third-order valence-corrected chi connectivity index (χ3v) is 13.8. The molecule has 300 valence electrons. The molecule has 0 atom stereocenters. The highest BCUT2D eigenvalue weighted by Crippen LogP contribution is 2.50. The summed E-state index contributed by atoms with van der Waals surface area (Å²) >= 11 is 1.84. The molecule has 0 bridgehead atoms. The van der Waals surface area contributed by atoms with Crippen molar-refractivity contribution in [1.29, 1.82) is 0 Å². The molecule has 0 aliphatic rings. The van der Waals surface area contributed by atoms with Crippen LogP contribution in [0.1, 0.15) is 0 Å². The fourth-order valence-corrected chi connectivity index (χ4v) is 10.8. The largest absolute Gasteiger partial charge is 0.455 e. The van der Waals surface area contributed by atoms with Crippen molar-refractivity contribution in [1.82, 2.24) is 0 Å². The molecule has 0 saturated carbocycles. The predicted octanol–water partition coefficient (Wildman–Crippen LogP) is 18.0. The van der Waals surface area contributed by atoms with Crippen LogP contribution in [-0.4, -0.2) is 0 Å². The third kappa shape index (κ3) is 5.88. The molecule has 13 aromatic rings. The van der Waals surface area contributed by atoms with Crippen molar-refractivity contribution < 1.29 is 8.83 Å². The van der Waals surface area contributed by atoms with E-state index in [0.29, 0.717) is 0 Å². The molecular formula is C60H37NO2S. The Kier molecular flexibility index (Phi) is 8.40. The molecule has 3 heterocycles. The van der Waals surface area contributed by atoms with Gasteiger partial charge in [0.25, 0.3) is 0 Å². The van der Waals surface area contributed by atoms with Crippen molar-refractivity contribution in [2.75, 3.05) is 4.90 Å². The monoisotopic (exact) mass is 835 g/mol. The van der Waals surface area contributed by atoms with Crippen LogP contribution in [0.25, 0.3) is 109 Å². The van der Waals surface area contributed by atoms with E-state index in [4.69, 9.17) is 8.83 Å². The summed E-state index contributed by atoms with van der Waals surface area (Å²) in [5.74, 6) is 0. The second-order valence-electron chi connectivity index (χ2n) is 16.4. The van der Waals surface area contributed by atoms with Crippen LogP contribution in [0.3, 0.4) is 0 Å². The van der Waals surface area contributed by atoms with Gasteiger partial charge in [0, 0.05) is 58.8 Å². The summed E-state index contributed by atoms with van der Waals surface area (Å²) in [5, 5.41) is 6.80. The lowest BCUT2D eigenvalue weighted by Crippen LogP contribution is -2.10. The van der Waals surface area contributed by atoms with Crippen LogP contribution in [-0.2, 0) is 0 Å². The first-order valence-corrected chi connectivity index (χ1v) is 22.5. The average molecular weight is 836 g/mol. The maximum Gasteiger partial charge on any atom is 0.145 e. The van der Waals surface area contributed by atoms with Gasteiger partial charge in [-0.3, -0.25) is 0 Å². The zero-order chi connectivity index (χ0) is 42.1. The third-order valence-electron chi connectivity index (χ3n) is 12.7. The van der Waals surface area contributed by atoms with Crippen LogP contribution in [0.15, 0.2) is 233 Å². The van der Waals surface area contributed by atoms with Gasteiger partial charge in [-0.05, 0) is 100 Å². The Balaban J connectivity index is 1.11. The maximum absolute atomic E-state index is 7.07. The van der Waals surface area contributed by atoms with Crippen LogP contribution in [0.5, 0.6) is 0 Å². The van der Waals surface area contributed by atoms with Gasteiger partial charge >= 0.3 is 0 Å². The zero-order valence-electron chi connectivity index (χ0n) is 34.5. The van der Waals surface area contributed by atoms with E-state index in [2.05, 4.69) is 229 Å². The number of hydrogen-bond acceptors (Lipinski definition) is 4. The molecule has 0 amide bonds. The van der Waals surface area contributed by atoms with Crippen LogP contribution in [0.4, 0.5) is 17.1 Å². The second-order valence-corrected chi connectivity index (χ2v) is 17.5. The van der Waals surface area contributed by atoms with Crippen molar-refractivity contribution in [3.05, 3.63) is 224 Å². The van der Waals surface area contributed by atoms with Gasteiger partial charge in [-0.2, -0.15) is 0 Å². The average Bonchev–Trinajstić information content (AvgIpc) is 4.06. The molecule has 0 unspecified atom stereocenters. The van der Waals surface area contributed by atoms with Crippen LogP contribution in [0, 0.1) is 0 Å². The second kappa shape index (κ2) is 14.7. The normalized spacial score (nSPS) is 11.8. The predicted molar refractivity (Wildman–Crippen MR) is 270 cm³/mol. The fraction of sp³-hybridized carbons (Fsp3) is 0. The smallest absolute Gasteiger partial charge is 0.145 e. The highest BCUT2D eigenvalue weighted by molar-refractivity contribution is 7.25. The SMILES string of the molecule is c1ccc(-c2ccc3c(c2)oc2c(-c4ccccc4)ccc(N(c4ccc5c(c4)sc4ccccc45)c4ccc5oc6c(-c7ccccc7)ccc(-c7ccccc7)c6c5c4)c23)cc1. The summed E-state index contributed by atoms with van der Waals surface area (Å²) in [7, 11) is 0. The molecule has 0 fully saturated rings. The summed E-state index contributed by atoms with van der Waals surface area (Å²) in [6.45, 7) is 0. The van der Waals surface area contributed by atoms with E-state index in [1.165, 1.54) is 20.2 Å². The lowest BCUT2D eigenvalue weighted by Gasteiger charge is -2.27. The van der Waals surface area contributed by atoms with E-state index in [-0.39, 0.29) is 0 Å². The summed E-state index contributed by atoms with van der Waals surface area (Å²) in [6.07, 6.45) is 0. The lowest BCUT2D eigenvalue weighted by atomic mass is 9.94. The van der Waals surface area contributed by atoms with Crippen LogP contribution < -0.4 is 4.90 Å². The first kappa shape index (κ1) is 36.5. The van der Waals surface area contributed by atoms with E-state index in [1.54, 1.807) is 0 Å². The number of hydrogen-bond donors (Lipinski definition) is 0. The molecule has 10 aromatic carbocycles. The van der Waals surface area contributed by atoms with Crippen molar-refractivity contribution in [2.45, 2.75) is 0 Å². The first-order valence-electron chi connectivity index (χ1n) is 21.7. The highest BCUT2D eigenvalue weighted by atomic mass is 32.1. The minimum absolute atomic E-state index is 0.839. The van der Waals surface area contributed by atoms with Crippen molar-refractivity contribution in [3.8, 4) is 44.5 Å². The Labute approximate surface area is 373 Å². The molecule has 3 aromatic heterocycles. The Hall–Kier alpha value is -8.18. The molecule has 64 heavy (non-hydrogen) atoms. The first-order chi connectivity index (χ1) is 31.7. The van der Waals surface area contributed by atoms with Gasteiger partial charge in [0.2, 0.25) is 0 Å². The number of rotatable bonds is 7. The number of fused-ring (bicyclic) bond motifs is 9. The van der Waals surface area contributed by atoms with Crippen molar-refractivity contribution in [2.24, 2.45) is 0 Å². The Morgan fingerprint density at radius 3 is 1.56 bits per heavy atom. The topological polar surface area (TPSA) is 29.5 Å². The van der Waals surface area contributed by atoms with Gasteiger partial charge in [-0.15, -0.1) is 11.3 Å².